The maximum absolute atomic E-state index is 12.8. The third kappa shape index (κ3) is 5.82. The highest BCUT2D eigenvalue weighted by atomic mass is 16.5. The summed E-state index contributed by atoms with van der Waals surface area (Å²) >= 11 is 0. The molecule has 0 radical (unpaired) electrons. The number of amides is 1. The van der Waals surface area contributed by atoms with Crippen molar-refractivity contribution in [3.8, 4) is 5.75 Å². The second-order valence-corrected chi connectivity index (χ2v) is 6.86. The molecule has 0 bridgehead atoms. The molecule has 1 fully saturated rings. The molecule has 24 heavy (non-hydrogen) atoms. The molecule has 1 amide bonds. The number of ether oxygens (including phenoxy) is 2. The van der Waals surface area contributed by atoms with Gasteiger partial charge in [-0.2, -0.15) is 0 Å². The Morgan fingerprint density at radius 1 is 1.46 bits per heavy atom. The van der Waals surface area contributed by atoms with Crippen LogP contribution in [0.5, 0.6) is 5.75 Å². The van der Waals surface area contributed by atoms with E-state index in [0.29, 0.717) is 25.4 Å². The van der Waals surface area contributed by atoms with Crippen LogP contribution in [0, 0.1) is 5.92 Å². The lowest BCUT2D eigenvalue weighted by molar-refractivity contribution is -0.134. The second kappa shape index (κ2) is 9.67. The number of methoxy groups -OCH3 is 1. The zero-order valence-electron chi connectivity index (χ0n) is 15.3. The SMILES string of the molecule is CCCC(C)CC(=O)N(Cc1cccc(OC)c1)CC1CCCO1. The molecule has 1 aromatic rings. The fourth-order valence-electron chi connectivity index (χ4n) is 3.30. The highest BCUT2D eigenvalue weighted by Gasteiger charge is 2.23. The summed E-state index contributed by atoms with van der Waals surface area (Å²) in [6.07, 6.45) is 5.16. The van der Waals surface area contributed by atoms with Gasteiger partial charge in [-0.1, -0.05) is 38.8 Å². The smallest absolute Gasteiger partial charge is 0.223 e. The van der Waals surface area contributed by atoms with Gasteiger partial charge in [0.2, 0.25) is 5.91 Å². The number of rotatable bonds is 9. The molecule has 1 aliphatic rings. The quantitative estimate of drug-likeness (QED) is 0.685. The average molecular weight is 333 g/mol. The van der Waals surface area contributed by atoms with Gasteiger partial charge in [0.1, 0.15) is 5.75 Å². The lowest BCUT2D eigenvalue weighted by Gasteiger charge is -2.27. The Morgan fingerprint density at radius 2 is 2.29 bits per heavy atom. The Balaban J connectivity index is 2.04. The highest BCUT2D eigenvalue weighted by molar-refractivity contribution is 5.76. The summed E-state index contributed by atoms with van der Waals surface area (Å²) in [5.74, 6) is 1.49. The molecule has 1 saturated heterocycles. The van der Waals surface area contributed by atoms with E-state index in [-0.39, 0.29) is 12.0 Å². The molecule has 0 spiro atoms. The van der Waals surface area contributed by atoms with Crippen molar-refractivity contribution in [2.45, 2.75) is 58.6 Å². The molecular formula is C20H31NO3. The van der Waals surface area contributed by atoms with Gasteiger partial charge in [0.15, 0.2) is 0 Å². The maximum atomic E-state index is 12.8. The standard InChI is InChI=1S/C20H31NO3/c1-4-7-16(2)12-20(22)21(15-19-10-6-11-24-19)14-17-8-5-9-18(13-17)23-3/h5,8-9,13,16,19H,4,6-7,10-12,14-15H2,1-3H3. The molecule has 1 heterocycles. The van der Waals surface area contributed by atoms with Crippen LogP contribution in [0.2, 0.25) is 0 Å². The molecule has 1 aliphatic heterocycles. The van der Waals surface area contributed by atoms with Gasteiger partial charge in [0.25, 0.3) is 0 Å². The first-order valence-electron chi connectivity index (χ1n) is 9.14. The zero-order valence-corrected chi connectivity index (χ0v) is 15.3. The Morgan fingerprint density at radius 3 is 2.96 bits per heavy atom. The largest absolute Gasteiger partial charge is 0.497 e. The van der Waals surface area contributed by atoms with Gasteiger partial charge in [0, 0.05) is 26.1 Å². The highest BCUT2D eigenvalue weighted by Crippen LogP contribution is 2.20. The van der Waals surface area contributed by atoms with Gasteiger partial charge in [0.05, 0.1) is 13.2 Å². The minimum Gasteiger partial charge on any atom is -0.497 e. The normalized spacial score (nSPS) is 18.4. The van der Waals surface area contributed by atoms with Crippen LogP contribution in [-0.2, 0) is 16.1 Å². The van der Waals surface area contributed by atoms with Gasteiger partial charge < -0.3 is 14.4 Å². The van der Waals surface area contributed by atoms with Crippen molar-refractivity contribution in [1.82, 2.24) is 4.90 Å². The van der Waals surface area contributed by atoms with Crippen molar-refractivity contribution in [3.05, 3.63) is 29.8 Å². The third-order valence-electron chi connectivity index (χ3n) is 4.61. The summed E-state index contributed by atoms with van der Waals surface area (Å²) in [5.41, 5.74) is 1.10. The number of carbonyl (C=O) groups excluding carboxylic acids is 1. The molecule has 4 nitrogen and oxygen atoms in total. The Labute approximate surface area is 146 Å². The van der Waals surface area contributed by atoms with Crippen molar-refractivity contribution in [2.75, 3.05) is 20.3 Å². The summed E-state index contributed by atoms with van der Waals surface area (Å²) in [7, 11) is 1.67. The summed E-state index contributed by atoms with van der Waals surface area (Å²) in [6, 6.07) is 7.96. The van der Waals surface area contributed by atoms with E-state index in [1.54, 1.807) is 7.11 Å². The van der Waals surface area contributed by atoms with Crippen LogP contribution in [0.3, 0.4) is 0 Å². The van der Waals surface area contributed by atoms with Crippen molar-refractivity contribution >= 4 is 5.91 Å². The van der Waals surface area contributed by atoms with E-state index in [1.807, 2.05) is 29.2 Å². The Kier molecular flexibility index (Phi) is 7.57. The molecule has 0 aliphatic carbocycles. The molecule has 1 aromatic carbocycles. The van der Waals surface area contributed by atoms with Crippen LogP contribution in [0.4, 0.5) is 0 Å². The molecule has 134 valence electrons. The van der Waals surface area contributed by atoms with E-state index in [2.05, 4.69) is 13.8 Å². The number of hydrogen-bond acceptors (Lipinski definition) is 3. The number of hydrogen-bond donors (Lipinski definition) is 0. The van der Waals surface area contributed by atoms with E-state index >= 15 is 0 Å². The summed E-state index contributed by atoms with van der Waals surface area (Å²) < 4.78 is 11.0. The third-order valence-corrected chi connectivity index (χ3v) is 4.61. The van der Waals surface area contributed by atoms with E-state index in [4.69, 9.17) is 9.47 Å². The van der Waals surface area contributed by atoms with Crippen LogP contribution >= 0.6 is 0 Å². The first kappa shape index (κ1) is 18.8. The monoisotopic (exact) mass is 333 g/mol. The lowest BCUT2D eigenvalue weighted by Crippen LogP contribution is -2.37. The lowest BCUT2D eigenvalue weighted by atomic mass is 10.0. The minimum atomic E-state index is 0.182. The van der Waals surface area contributed by atoms with Gasteiger partial charge in [-0.25, -0.2) is 0 Å². The minimum absolute atomic E-state index is 0.182. The van der Waals surface area contributed by atoms with Gasteiger partial charge in [-0.05, 0) is 36.5 Å². The van der Waals surface area contributed by atoms with Gasteiger partial charge >= 0.3 is 0 Å². The number of nitrogens with zero attached hydrogens (tertiary/aromatic N) is 1. The predicted molar refractivity (Wildman–Crippen MR) is 96.1 cm³/mol. The van der Waals surface area contributed by atoms with Crippen LogP contribution in [0.25, 0.3) is 0 Å². The van der Waals surface area contributed by atoms with Crippen molar-refractivity contribution < 1.29 is 14.3 Å². The topological polar surface area (TPSA) is 38.8 Å². The van der Waals surface area contributed by atoms with Crippen LogP contribution in [0.1, 0.15) is 51.5 Å². The summed E-state index contributed by atoms with van der Waals surface area (Å²) in [5, 5.41) is 0. The van der Waals surface area contributed by atoms with Crippen molar-refractivity contribution in [1.29, 1.82) is 0 Å². The molecular weight excluding hydrogens is 302 g/mol. The zero-order chi connectivity index (χ0) is 17.4. The molecule has 4 heteroatoms. The first-order valence-corrected chi connectivity index (χ1v) is 9.14. The average Bonchev–Trinajstić information content (AvgIpc) is 3.07. The van der Waals surface area contributed by atoms with Crippen LogP contribution in [-0.4, -0.2) is 37.2 Å². The van der Waals surface area contributed by atoms with E-state index in [0.717, 1.165) is 43.6 Å². The number of carbonyl (C=O) groups is 1. The van der Waals surface area contributed by atoms with E-state index < -0.39 is 0 Å². The van der Waals surface area contributed by atoms with E-state index in [9.17, 15) is 4.79 Å². The Bertz CT molecular complexity index is 511. The molecule has 0 aromatic heterocycles. The van der Waals surface area contributed by atoms with Gasteiger partial charge in [-0.15, -0.1) is 0 Å². The summed E-state index contributed by atoms with van der Waals surface area (Å²) in [6.45, 7) is 6.46. The van der Waals surface area contributed by atoms with Crippen molar-refractivity contribution in [2.24, 2.45) is 5.92 Å². The maximum Gasteiger partial charge on any atom is 0.223 e. The Hall–Kier alpha value is -1.55. The first-order chi connectivity index (χ1) is 11.6. The van der Waals surface area contributed by atoms with Crippen molar-refractivity contribution in [3.63, 3.8) is 0 Å². The fourth-order valence-corrected chi connectivity index (χ4v) is 3.30. The van der Waals surface area contributed by atoms with Crippen LogP contribution < -0.4 is 4.74 Å². The molecule has 0 saturated carbocycles. The van der Waals surface area contributed by atoms with Crippen LogP contribution in [0.15, 0.2) is 24.3 Å². The predicted octanol–water partition coefficient (Wildman–Crippen LogP) is 4.03. The molecule has 2 rings (SSSR count). The molecule has 2 atom stereocenters. The van der Waals surface area contributed by atoms with Gasteiger partial charge in [-0.3, -0.25) is 4.79 Å². The van der Waals surface area contributed by atoms with E-state index in [1.165, 1.54) is 0 Å². The number of benzene rings is 1. The summed E-state index contributed by atoms with van der Waals surface area (Å²) in [4.78, 5) is 14.8. The fraction of sp³-hybridized carbons (Fsp3) is 0.650. The molecule has 0 N–H and O–H groups in total. The molecule has 2 unspecified atom stereocenters. The second-order valence-electron chi connectivity index (χ2n) is 6.86.